The molecule has 1 saturated heterocycles. The first-order valence-corrected chi connectivity index (χ1v) is 7.51. The number of aromatic nitrogens is 4. The fourth-order valence-electron chi connectivity index (χ4n) is 2.50. The monoisotopic (exact) mass is 320 g/mol. The molecule has 2 aromatic heterocycles. The lowest BCUT2D eigenvalue weighted by Gasteiger charge is -2.34. The molecule has 0 spiro atoms. The van der Waals surface area contributed by atoms with Crippen LogP contribution in [0.3, 0.4) is 0 Å². The summed E-state index contributed by atoms with van der Waals surface area (Å²) in [7, 11) is 0. The standard InChI is InChI=1S/C14H20N6O3/c1-8-6-12(23-19-8)16-14(21)9(2)20-4-5-22-11(7-20)13-15-10(3)17-18-13/h6,9,11H,4-5,7H2,1-3H3,(H,16,21)(H,15,17,18)/t9-,11-/m1/s1. The van der Waals surface area contributed by atoms with Gasteiger partial charge in [-0.05, 0) is 20.8 Å². The molecule has 3 rings (SSSR count). The number of rotatable bonds is 4. The second-order valence-corrected chi connectivity index (χ2v) is 5.63. The normalized spacial score (nSPS) is 20.4. The van der Waals surface area contributed by atoms with Gasteiger partial charge in [0.1, 0.15) is 11.9 Å². The Hall–Kier alpha value is -2.26. The smallest absolute Gasteiger partial charge is 0.243 e. The van der Waals surface area contributed by atoms with Crippen molar-refractivity contribution in [3.8, 4) is 0 Å². The van der Waals surface area contributed by atoms with E-state index in [0.29, 0.717) is 31.4 Å². The number of carbonyl (C=O) groups excluding carboxylic acids is 1. The van der Waals surface area contributed by atoms with Gasteiger partial charge in [-0.3, -0.25) is 20.1 Å². The zero-order valence-corrected chi connectivity index (χ0v) is 13.4. The molecule has 0 unspecified atom stereocenters. The topological polar surface area (TPSA) is 109 Å². The van der Waals surface area contributed by atoms with E-state index in [0.717, 1.165) is 11.5 Å². The number of anilines is 1. The van der Waals surface area contributed by atoms with Gasteiger partial charge in [-0.15, -0.1) is 0 Å². The number of ether oxygens (including phenoxy) is 1. The Kier molecular flexibility index (Phi) is 4.39. The Morgan fingerprint density at radius 3 is 3.00 bits per heavy atom. The minimum absolute atomic E-state index is 0.145. The van der Waals surface area contributed by atoms with Crippen LogP contribution in [-0.4, -0.2) is 56.9 Å². The van der Waals surface area contributed by atoms with Crippen LogP contribution in [0.1, 0.15) is 30.4 Å². The van der Waals surface area contributed by atoms with Crippen LogP contribution in [0.2, 0.25) is 0 Å². The van der Waals surface area contributed by atoms with Crippen molar-refractivity contribution in [2.45, 2.75) is 32.9 Å². The quantitative estimate of drug-likeness (QED) is 0.858. The first-order chi connectivity index (χ1) is 11.0. The maximum atomic E-state index is 12.3. The molecule has 9 heteroatoms. The number of carbonyl (C=O) groups is 1. The van der Waals surface area contributed by atoms with Crippen LogP contribution in [0.5, 0.6) is 0 Å². The summed E-state index contributed by atoms with van der Waals surface area (Å²) in [4.78, 5) is 18.7. The predicted octanol–water partition coefficient (Wildman–Crippen LogP) is 0.810. The Morgan fingerprint density at radius 2 is 2.35 bits per heavy atom. The van der Waals surface area contributed by atoms with Gasteiger partial charge < -0.3 is 9.26 Å². The Morgan fingerprint density at radius 1 is 1.52 bits per heavy atom. The summed E-state index contributed by atoms with van der Waals surface area (Å²) in [5.74, 6) is 1.57. The molecule has 1 fully saturated rings. The van der Waals surface area contributed by atoms with E-state index in [1.807, 2.05) is 18.7 Å². The predicted molar refractivity (Wildman–Crippen MR) is 80.7 cm³/mol. The molecule has 0 aromatic carbocycles. The van der Waals surface area contributed by atoms with Gasteiger partial charge in [-0.25, -0.2) is 4.98 Å². The van der Waals surface area contributed by atoms with Gasteiger partial charge in [-0.2, -0.15) is 5.10 Å². The van der Waals surface area contributed by atoms with Crippen molar-refractivity contribution < 1.29 is 14.1 Å². The van der Waals surface area contributed by atoms with Gasteiger partial charge in [-0.1, -0.05) is 5.16 Å². The summed E-state index contributed by atoms with van der Waals surface area (Å²) in [6, 6.07) is 1.36. The van der Waals surface area contributed by atoms with E-state index in [-0.39, 0.29) is 18.1 Å². The fraction of sp³-hybridized carbons (Fsp3) is 0.571. The highest BCUT2D eigenvalue weighted by Gasteiger charge is 2.30. The Labute approximate surface area is 133 Å². The Bertz CT molecular complexity index is 682. The zero-order valence-electron chi connectivity index (χ0n) is 13.4. The van der Waals surface area contributed by atoms with Crippen molar-refractivity contribution in [3.63, 3.8) is 0 Å². The lowest BCUT2D eigenvalue weighted by atomic mass is 10.2. The highest BCUT2D eigenvalue weighted by Crippen LogP contribution is 2.21. The summed E-state index contributed by atoms with van der Waals surface area (Å²) in [5, 5.41) is 13.4. The molecule has 1 aliphatic rings. The van der Waals surface area contributed by atoms with Gasteiger partial charge in [0.05, 0.1) is 18.3 Å². The van der Waals surface area contributed by atoms with Gasteiger partial charge >= 0.3 is 0 Å². The maximum Gasteiger partial charge on any atom is 0.243 e. The Balaban J connectivity index is 1.62. The molecule has 3 heterocycles. The SMILES string of the molecule is Cc1cc(NC(=O)[C@@H](C)N2CCO[C@@H](c3n[nH]c(C)n3)C2)on1. The highest BCUT2D eigenvalue weighted by molar-refractivity contribution is 5.93. The molecule has 0 aliphatic carbocycles. The molecule has 2 N–H and O–H groups in total. The first kappa shape index (κ1) is 15.6. The molecule has 2 atom stereocenters. The van der Waals surface area contributed by atoms with Crippen molar-refractivity contribution in [2.24, 2.45) is 0 Å². The number of aryl methyl sites for hydroxylation is 2. The largest absolute Gasteiger partial charge is 0.367 e. The van der Waals surface area contributed by atoms with E-state index in [1.54, 1.807) is 13.0 Å². The number of H-pyrrole nitrogens is 1. The number of hydrogen-bond donors (Lipinski definition) is 2. The third kappa shape index (κ3) is 3.57. The highest BCUT2D eigenvalue weighted by atomic mass is 16.5. The lowest BCUT2D eigenvalue weighted by Crippen LogP contribution is -2.48. The minimum atomic E-state index is -0.327. The lowest BCUT2D eigenvalue weighted by molar-refractivity contribution is -0.124. The average molecular weight is 320 g/mol. The number of morpholine rings is 1. The fourth-order valence-corrected chi connectivity index (χ4v) is 2.50. The van der Waals surface area contributed by atoms with Gasteiger partial charge in [0.25, 0.3) is 0 Å². The molecule has 0 radical (unpaired) electrons. The maximum absolute atomic E-state index is 12.3. The number of nitrogens with one attached hydrogen (secondary N) is 2. The van der Waals surface area contributed by atoms with Crippen molar-refractivity contribution in [3.05, 3.63) is 23.4 Å². The van der Waals surface area contributed by atoms with E-state index in [4.69, 9.17) is 9.26 Å². The second kappa shape index (κ2) is 6.47. The van der Waals surface area contributed by atoms with Gasteiger partial charge in [0.2, 0.25) is 11.8 Å². The summed E-state index contributed by atoms with van der Waals surface area (Å²) < 4.78 is 10.7. The third-order valence-corrected chi connectivity index (χ3v) is 3.80. The average Bonchev–Trinajstić information content (AvgIpc) is 3.15. The summed E-state index contributed by atoms with van der Waals surface area (Å²) in [6.07, 6.45) is -0.239. The molecular weight excluding hydrogens is 300 g/mol. The molecule has 9 nitrogen and oxygen atoms in total. The van der Waals surface area contributed by atoms with Crippen LogP contribution < -0.4 is 5.32 Å². The molecule has 23 heavy (non-hydrogen) atoms. The van der Waals surface area contributed by atoms with Crippen LogP contribution in [-0.2, 0) is 9.53 Å². The van der Waals surface area contributed by atoms with E-state index >= 15 is 0 Å². The molecular formula is C14H20N6O3. The summed E-state index contributed by atoms with van der Waals surface area (Å²) >= 11 is 0. The molecule has 1 aliphatic heterocycles. The number of aromatic amines is 1. The molecule has 0 bridgehead atoms. The molecule has 1 amide bonds. The summed E-state index contributed by atoms with van der Waals surface area (Å²) in [6.45, 7) is 7.24. The van der Waals surface area contributed by atoms with Gasteiger partial charge in [0, 0.05) is 19.2 Å². The number of nitrogens with zero attached hydrogens (tertiary/aromatic N) is 4. The van der Waals surface area contributed by atoms with Gasteiger partial charge in [0.15, 0.2) is 5.82 Å². The van der Waals surface area contributed by atoms with Crippen molar-refractivity contribution in [1.82, 2.24) is 25.2 Å². The van der Waals surface area contributed by atoms with E-state index < -0.39 is 0 Å². The van der Waals surface area contributed by atoms with Crippen LogP contribution in [0.4, 0.5) is 5.88 Å². The van der Waals surface area contributed by atoms with Crippen molar-refractivity contribution in [1.29, 1.82) is 0 Å². The molecule has 124 valence electrons. The van der Waals surface area contributed by atoms with Crippen LogP contribution >= 0.6 is 0 Å². The van der Waals surface area contributed by atoms with Crippen LogP contribution in [0.25, 0.3) is 0 Å². The first-order valence-electron chi connectivity index (χ1n) is 7.51. The van der Waals surface area contributed by atoms with E-state index in [9.17, 15) is 4.79 Å². The van der Waals surface area contributed by atoms with E-state index in [1.165, 1.54) is 0 Å². The number of hydrogen-bond acceptors (Lipinski definition) is 7. The summed E-state index contributed by atoms with van der Waals surface area (Å²) in [5.41, 5.74) is 0.722. The van der Waals surface area contributed by atoms with Crippen molar-refractivity contribution in [2.75, 3.05) is 25.0 Å². The molecule has 2 aromatic rings. The zero-order chi connectivity index (χ0) is 16.4. The molecule has 0 saturated carbocycles. The third-order valence-electron chi connectivity index (χ3n) is 3.80. The van der Waals surface area contributed by atoms with Crippen LogP contribution in [0, 0.1) is 13.8 Å². The minimum Gasteiger partial charge on any atom is -0.367 e. The second-order valence-electron chi connectivity index (χ2n) is 5.63. The van der Waals surface area contributed by atoms with E-state index in [2.05, 4.69) is 25.7 Å². The van der Waals surface area contributed by atoms with Crippen molar-refractivity contribution >= 4 is 11.8 Å². The van der Waals surface area contributed by atoms with Crippen LogP contribution in [0.15, 0.2) is 10.6 Å². The number of amides is 1.